The Morgan fingerprint density at radius 3 is 2.33 bits per heavy atom. The molecule has 1 N–H and O–H groups in total. The summed E-state index contributed by atoms with van der Waals surface area (Å²) in [5.74, 6) is 1.91. The topological polar surface area (TPSA) is 39.7 Å². The number of ether oxygens (including phenoxy) is 3. The second-order valence-corrected chi connectivity index (χ2v) is 4.97. The maximum atomic E-state index is 5.76. The number of halogens is 1. The van der Waals surface area contributed by atoms with Crippen LogP contribution in [0.15, 0.2) is 23.2 Å². The van der Waals surface area contributed by atoms with E-state index < -0.39 is 0 Å². The molecule has 0 saturated carbocycles. The molecule has 0 unspecified atom stereocenters. The second-order valence-electron chi connectivity index (χ2n) is 4.75. The zero-order valence-corrected chi connectivity index (χ0v) is 13.9. The van der Waals surface area contributed by atoms with Crippen molar-refractivity contribution in [2.75, 3.05) is 27.4 Å². The average Bonchev–Trinajstić information content (AvgIpc) is 2.52. The van der Waals surface area contributed by atoms with Crippen LogP contribution in [0.2, 0.25) is 0 Å². The van der Waals surface area contributed by atoms with Crippen LogP contribution >= 0.6 is 11.6 Å². The Morgan fingerprint density at radius 2 is 1.86 bits per heavy atom. The Hall–Kier alpha value is -1.39. The van der Waals surface area contributed by atoms with Crippen molar-refractivity contribution in [3.8, 4) is 17.2 Å². The van der Waals surface area contributed by atoms with E-state index in [4.69, 9.17) is 25.8 Å². The first-order valence-electron chi connectivity index (χ1n) is 7.00. The third kappa shape index (κ3) is 5.48. The monoisotopic (exact) mass is 313 g/mol. The lowest BCUT2D eigenvalue weighted by atomic mass is 10.1. The van der Waals surface area contributed by atoms with E-state index in [9.17, 15) is 0 Å². The Bertz CT molecular complexity index is 450. The Morgan fingerprint density at radius 1 is 1.24 bits per heavy atom. The Labute approximate surface area is 132 Å². The van der Waals surface area contributed by atoms with Crippen molar-refractivity contribution in [2.24, 2.45) is 0 Å². The van der Waals surface area contributed by atoms with E-state index in [0.29, 0.717) is 23.9 Å². The van der Waals surface area contributed by atoms with Gasteiger partial charge in [-0.25, -0.2) is 0 Å². The summed E-state index contributed by atoms with van der Waals surface area (Å²) in [6.45, 7) is 6.17. The number of nitrogens with one attached hydrogen (secondary N) is 1. The summed E-state index contributed by atoms with van der Waals surface area (Å²) in [5.41, 5.74) is 3.52. The highest BCUT2D eigenvalue weighted by Gasteiger charge is 2.14. The molecule has 0 saturated heterocycles. The molecule has 118 valence electrons. The molecule has 0 spiro atoms. The maximum Gasteiger partial charge on any atom is 0.203 e. The van der Waals surface area contributed by atoms with Gasteiger partial charge in [-0.1, -0.05) is 18.5 Å². The molecule has 0 heterocycles. The molecule has 4 nitrogen and oxygen atoms in total. The lowest BCUT2D eigenvalue weighted by molar-refractivity contribution is 0.295. The summed E-state index contributed by atoms with van der Waals surface area (Å²) >= 11 is 5.65. The average molecular weight is 314 g/mol. The highest BCUT2D eigenvalue weighted by atomic mass is 35.5. The standard InChI is InChI=1S/C16H24ClNO3/c1-5-6-18-10-13-7-14(19-3)16(15(8-13)20-4)21-11-12(2)9-17/h7-9,18H,5-6,10-11H2,1-4H3/b12-9+. The molecule has 0 atom stereocenters. The zero-order valence-electron chi connectivity index (χ0n) is 13.2. The SMILES string of the molecule is CCCNCc1cc(OC)c(OC/C(C)=C/Cl)c(OC)c1. The molecule has 0 aliphatic rings. The molecule has 0 radical (unpaired) electrons. The lowest BCUT2D eigenvalue weighted by Crippen LogP contribution is -2.14. The van der Waals surface area contributed by atoms with Crippen LogP contribution in [0.1, 0.15) is 25.8 Å². The molecule has 0 aromatic heterocycles. The molecular weight excluding hydrogens is 290 g/mol. The van der Waals surface area contributed by atoms with Gasteiger partial charge in [-0.3, -0.25) is 0 Å². The normalized spacial score (nSPS) is 11.4. The molecule has 0 amide bonds. The summed E-state index contributed by atoms with van der Waals surface area (Å²) in [6, 6.07) is 3.92. The Balaban J connectivity index is 2.95. The van der Waals surface area contributed by atoms with Gasteiger partial charge in [0.25, 0.3) is 0 Å². The molecule has 1 aromatic carbocycles. The van der Waals surface area contributed by atoms with Gasteiger partial charge < -0.3 is 19.5 Å². The summed E-state index contributed by atoms with van der Waals surface area (Å²) in [7, 11) is 3.24. The first-order chi connectivity index (χ1) is 10.2. The van der Waals surface area contributed by atoms with Gasteiger partial charge in [0.2, 0.25) is 5.75 Å². The molecule has 0 aliphatic carbocycles. The minimum Gasteiger partial charge on any atom is -0.493 e. The van der Waals surface area contributed by atoms with E-state index >= 15 is 0 Å². The van der Waals surface area contributed by atoms with Gasteiger partial charge in [0.15, 0.2) is 11.5 Å². The molecule has 0 aliphatic heterocycles. The number of benzene rings is 1. The van der Waals surface area contributed by atoms with E-state index in [0.717, 1.165) is 30.6 Å². The van der Waals surface area contributed by atoms with Crippen LogP contribution in [-0.4, -0.2) is 27.4 Å². The first kappa shape index (κ1) is 17.7. The van der Waals surface area contributed by atoms with Crippen molar-refractivity contribution in [1.29, 1.82) is 0 Å². The highest BCUT2D eigenvalue weighted by Crippen LogP contribution is 2.38. The van der Waals surface area contributed by atoms with Crippen LogP contribution in [-0.2, 0) is 6.54 Å². The van der Waals surface area contributed by atoms with Crippen LogP contribution in [0.3, 0.4) is 0 Å². The minimum absolute atomic E-state index is 0.393. The third-order valence-electron chi connectivity index (χ3n) is 2.91. The van der Waals surface area contributed by atoms with Crippen molar-refractivity contribution in [2.45, 2.75) is 26.8 Å². The summed E-state index contributed by atoms with van der Waals surface area (Å²) < 4.78 is 16.6. The quantitative estimate of drug-likeness (QED) is 0.705. The van der Waals surface area contributed by atoms with E-state index in [1.165, 1.54) is 5.54 Å². The zero-order chi connectivity index (χ0) is 15.7. The van der Waals surface area contributed by atoms with Crippen molar-refractivity contribution >= 4 is 11.6 Å². The fourth-order valence-corrected chi connectivity index (χ4v) is 1.87. The molecule has 0 bridgehead atoms. The van der Waals surface area contributed by atoms with Crippen LogP contribution in [0.4, 0.5) is 0 Å². The highest BCUT2D eigenvalue weighted by molar-refractivity contribution is 6.25. The molecule has 21 heavy (non-hydrogen) atoms. The molecule has 1 aromatic rings. The molecule has 0 fully saturated rings. The van der Waals surface area contributed by atoms with E-state index in [1.54, 1.807) is 14.2 Å². The van der Waals surface area contributed by atoms with Crippen LogP contribution < -0.4 is 19.5 Å². The fraction of sp³-hybridized carbons (Fsp3) is 0.500. The van der Waals surface area contributed by atoms with Crippen molar-refractivity contribution < 1.29 is 14.2 Å². The minimum atomic E-state index is 0.393. The predicted octanol–water partition coefficient (Wildman–Crippen LogP) is 3.72. The van der Waals surface area contributed by atoms with E-state index in [2.05, 4.69) is 12.2 Å². The summed E-state index contributed by atoms with van der Waals surface area (Å²) in [5, 5.41) is 3.35. The number of rotatable bonds is 9. The lowest BCUT2D eigenvalue weighted by Gasteiger charge is -2.16. The van der Waals surface area contributed by atoms with E-state index in [1.807, 2.05) is 19.1 Å². The first-order valence-corrected chi connectivity index (χ1v) is 7.44. The van der Waals surface area contributed by atoms with Gasteiger partial charge in [0, 0.05) is 12.1 Å². The second kappa shape index (κ2) is 9.53. The largest absolute Gasteiger partial charge is 0.493 e. The number of methoxy groups -OCH3 is 2. The van der Waals surface area contributed by atoms with Crippen LogP contribution in [0.5, 0.6) is 17.2 Å². The van der Waals surface area contributed by atoms with Gasteiger partial charge >= 0.3 is 0 Å². The molecule has 5 heteroatoms. The number of hydrogen-bond donors (Lipinski definition) is 1. The van der Waals surface area contributed by atoms with Crippen molar-refractivity contribution in [3.05, 3.63) is 28.8 Å². The molecular formula is C16H24ClNO3. The number of hydrogen-bond acceptors (Lipinski definition) is 4. The summed E-state index contributed by atoms with van der Waals surface area (Å²) in [4.78, 5) is 0. The van der Waals surface area contributed by atoms with Crippen LogP contribution in [0, 0.1) is 0 Å². The predicted molar refractivity (Wildman–Crippen MR) is 86.6 cm³/mol. The molecule has 1 rings (SSSR count). The van der Waals surface area contributed by atoms with Gasteiger partial charge in [0.1, 0.15) is 6.61 Å². The smallest absolute Gasteiger partial charge is 0.203 e. The summed E-state index contributed by atoms with van der Waals surface area (Å²) in [6.07, 6.45) is 1.10. The van der Waals surface area contributed by atoms with Gasteiger partial charge in [-0.05, 0) is 43.2 Å². The van der Waals surface area contributed by atoms with E-state index in [-0.39, 0.29) is 0 Å². The fourth-order valence-electron chi connectivity index (χ4n) is 1.81. The van der Waals surface area contributed by atoms with Gasteiger partial charge in [-0.2, -0.15) is 0 Å². The third-order valence-corrected chi connectivity index (χ3v) is 3.28. The Kier molecular flexibility index (Phi) is 8.01. The van der Waals surface area contributed by atoms with Crippen LogP contribution in [0.25, 0.3) is 0 Å². The van der Waals surface area contributed by atoms with Crippen molar-refractivity contribution in [3.63, 3.8) is 0 Å². The van der Waals surface area contributed by atoms with Gasteiger partial charge in [0.05, 0.1) is 14.2 Å². The van der Waals surface area contributed by atoms with Gasteiger partial charge in [-0.15, -0.1) is 0 Å². The van der Waals surface area contributed by atoms with Crippen molar-refractivity contribution in [1.82, 2.24) is 5.32 Å². The maximum absolute atomic E-state index is 5.76.